The molecule has 0 amide bonds. The van der Waals surface area contributed by atoms with E-state index in [-0.39, 0.29) is 26.5 Å². The Bertz CT molecular complexity index is 516. The van der Waals surface area contributed by atoms with Gasteiger partial charge in [0.1, 0.15) is 5.57 Å². The summed E-state index contributed by atoms with van der Waals surface area (Å²) in [6, 6.07) is 2.25. The quantitative estimate of drug-likeness (QED) is 0.435. The van der Waals surface area contributed by atoms with Crippen LogP contribution in [0.5, 0.6) is 0 Å². The van der Waals surface area contributed by atoms with Gasteiger partial charge >= 0.3 is 6.18 Å². The number of rotatable bonds is 2. The van der Waals surface area contributed by atoms with Gasteiger partial charge in [0.15, 0.2) is 0 Å². The third-order valence-corrected chi connectivity index (χ3v) is 3.31. The zero-order valence-corrected chi connectivity index (χ0v) is 12.3. The van der Waals surface area contributed by atoms with E-state index in [9.17, 15) is 13.2 Å². The van der Waals surface area contributed by atoms with E-state index < -0.39 is 11.7 Å². The summed E-state index contributed by atoms with van der Waals surface area (Å²) >= 11 is 17.2. The van der Waals surface area contributed by atoms with Crippen LogP contribution < -0.4 is 0 Å². The first-order valence-electron chi connectivity index (χ1n) is 5.32. The van der Waals surface area contributed by atoms with Crippen molar-refractivity contribution in [2.75, 3.05) is 0 Å². The van der Waals surface area contributed by atoms with Gasteiger partial charge in [-0.3, -0.25) is 0 Å². The van der Waals surface area contributed by atoms with Crippen molar-refractivity contribution in [2.45, 2.75) is 20.0 Å². The molecule has 0 fully saturated rings. The third-order valence-electron chi connectivity index (χ3n) is 2.12. The first-order chi connectivity index (χ1) is 8.62. The molecule has 0 saturated heterocycles. The number of hydrogen-bond donors (Lipinski definition) is 0. The Morgan fingerprint density at radius 2 is 1.63 bits per heavy atom. The molecule has 0 heterocycles. The molecule has 19 heavy (non-hydrogen) atoms. The van der Waals surface area contributed by atoms with Gasteiger partial charge in [-0.2, -0.15) is 13.2 Å². The van der Waals surface area contributed by atoms with Crippen molar-refractivity contribution in [3.63, 3.8) is 0 Å². The molecule has 0 radical (unpaired) electrons. The van der Waals surface area contributed by atoms with Crippen LogP contribution in [0.3, 0.4) is 0 Å². The summed E-state index contributed by atoms with van der Waals surface area (Å²) in [7, 11) is 0. The predicted octanol–water partition coefficient (Wildman–Crippen LogP) is 6.40. The highest BCUT2D eigenvalue weighted by molar-refractivity contribution is 6.48. The molecule has 0 nitrogen and oxygen atoms in total. The van der Waals surface area contributed by atoms with Crippen molar-refractivity contribution in [3.8, 4) is 0 Å². The minimum absolute atomic E-state index is 0.0291. The van der Waals surface area contributed by atoms with Crippen LogP contribution >= 0.6 is 34.8 Å². The van der Waals surface area contributed by atoms with E-state index in [2.05, 4.69) is 5.73 Å². The Balaban J connectivity index is 3.48. The molecule has 0 N–H and O–H groups in total. The van der Waals surface area contributed by atoms with Crippen molar-refractivity contribution in [3.05, 3.63) is 44.6 Å². The molecule has 0 aliphatic carbocycles. The molecule has 0 aromatic heterocycles. The topological polar surface area (TPSA) is 0 Å². The van der Waals surface area contributed by atoms with Gasteiger partial charge in [-0.25, -0.2) is 0 Å². The van der Waals surface area contributed by atoms with E-state index in [4.69, 9.17) is 34.8 Å². The van der Waals surface area contributed by atoms with Crippen molar-refractivity contribution in [2.24, 2.45) is 5.92 Å². The van der Waals surface area contributed by atoms with E-state index in [0.717, 1.165) is 12.1 Å². The Morgan fingerprint density at radius 3 is 2.00 bits per heavy atom. The fourth-order valence-electron chi connectivity index (χ4n) is 1.28. The van der Waals surface area contributed by atoms with Crippen LogP contribution in [0.4, 0.5) is 13.2 Å². The van der Waals surface area contributed by atoms with Gasteiger partial charge in [-0.1, -0.05) is 48.7 Å². The molecule has 0 aliphatic rings. The maximum absolute atomic E-state index is 13.0. The number of halogens is 6. The molecule has 0 bridgehead atoms. The van der Waals surface area contributed by atoms with E-state index in [0.29, 0.717) is 0 Å². The van der Waals surface area contributed by atoms with Crippen LogP contribution in [0.2, 0.25) is 15.1 Å². The number of allylic oxidation sites excluding steroid dienone is 1. The zero-order valence-electron chi connectivity index (χ0n) is 10.1. The highest BCUT2D eigenvalue weighted by atomic mass is 35.5. The second-order valence-electron chi connectivity index (χ2n) is 4.18. The van der Waals surface area contributed by atoms with Crippen LogP contribution in [-0.4, -0.2) is 6.18 Å². The molecular weight excluding hydrogens is 319 g/mol. The Morgan fingerprint density at radius 1 is 1.16 bits per heavy atom. The monoisotopic (exact) mass is 328 g/mol. The Kier molecular flexibility index (Phi) is 5.40. The van der Waals surface area contributed by atoms with Crippen molar-refractivity contribution in [1.29, 1.82) is 0 Å². The molecule has 0 aliphatic heterocycles. The number of hydrogen-bond acceptors (Lipinski definition) is 0. The van der Waals surface area contributed by atoms with Gasteiger partial charge in [0.2, 0.25) is 0 Å². The fraction of sp³-hybridized carbons (Fsp3) is 0.308. The summed E-state index contributed by atoms with van der Waals surface area (Å²) in [6.45, 7) is 3.51. The highest BCUT2D eigenvalue weighted by Crippen LogP contribution is 2.38. The number of benzene rings is 1. The van der Waals surface area contributed by atoms with Gasteiger partial charge < -0.3 is 0 Å². The summed E-state index contributed by atoms with van der Waals surface area (Å²) in [5.41, 5.74) is 1.16. The molecule has 1 rings (SSSR count). The molecule has 1 aromatic carbocycles. The molecule has 0 atom stereocenters. The van der Waals surface area contributed by atoms with Crippen molar-refractivity contribution < 1.29 is 13.2 Å². The van der Waals surface area contributed by atoms with E-state index in [1.54, 1.807) is 13.8 Å². The lowest BCUT2D eigenvalue weighted by Gasteiger charge is -2.11. The van der Waals surface area contributed by atoms with E-state index in [1.165, 1.54) is 6.08 Å². The van der Waals surface area contributed by atoms with Crippen LogP contribution in [0.1, 0.15) is 19.4 Å². The van der Waals surface area contributed by atoms with Crippen LogP contribution in [0.25, 0.3) is 5.57 Å². The smallest absolute Gasteiger partial charge is 0.165 e. The second-order valence-corrected chi connectivity index (χ2v) is 5.37. The summed E-state index contributed by atoms with van der Waals surface area (Å²) < 4.78 is 38.9. The lowest BCUT2D eigenvalue weighted by molar-refractivity contribution is -0.0687. The Hall–Kier alpha value is -0.600. The summed E-state index contributed by atoms with van der Waals surface area (Å²) in [5, 5.41) is -0.0315. The standard InChI is InChI=1S/C13H10Cl3F3/c1-7(2)3-4-9(13(17,18)19)8-5-10(14)12(16)11(15)6-8/h3,5-7H,1-2H3. The van der Waals surface area contributed by atoms with Crippen LogP contribution in [0, 0.1) is 5.92 Å². The average Bonchev–Trinajstić information content (AvgIpc) is 2.23. The second kappa shape index (κ2) is 6.23. The highest BCUT2D eigenvalue weighted by Gasteiger charge is 2.35. The molecule has 0 saturated carbocycles. The van der Waals surface area contributed by atoms with Gasteiger partial charge in [-0.15, -0.1) is 5.73 Å². The fourth-order valence-corrected chi connectivity index (χ4v) is 1.87. The van der Waals surface area contributed by atoms with Crippen LogP contribution in [0.15, 0.2) is 23.9 Å². The van der Waals surface area contributed by atoms with Crippen molar-refractivity contribution in [1.82, 2.24) is 0 Å². The zero-order chi connectivity index (χ0) is 14.8. The van der Waals surface area contributed by atoms with Gasteiger partial charge in [0, 0.05) is 0 Å². The molecular formula is C13H10Cl3F3. The molecule has 1 aromatic rings. The van der Waals surface area contributed by atoms with E-state index >= 15 is 0 Å². The first kappa shape index (κ1) is 16.5. The van der Waals surface area contributed by atoms with Crippen molar-refractivity contribution >= 4 is 40.4 Å². The Labute approximate surface area is 124 Å². The summed E-state index contributed by atoms with van der Waals surface area (Å²) in [5.74, 6) is -0.0596. The lowest BCUT2D eigenvalue weighted by atomic mass is 10.1. The van der Waals surface area contributed by atoms with E-state index in [1.807, 2.05) is 0 Å². The third kappa shape index (κ3) is 4.47. The maximum atomic E-state index is 13.0. The molecule has 104 valence electrons. The van der Waals surface area contributed by atoms with Gasteiger partial charge in [0.05, 0.1) is 15.1 Å². The molecule has 6 heteroatoms. The van der Waals surface area contributed by atoms with Crippen LogP contribution in [-0.2, 0) is 0 Å². The average molecular weight is 330 g/mol. The largest absolute Gasteiger partial charge is 0.424 e. The minimum Gasteiger partial charge on any atom is -0.165 e. The first-order valence-corrected chi connectivity index (χ1v) is 6.45. The SMILES string of the molecule is CC(C)C=C=C(c1cc(Cl)c(Cl)c(Cl)c1)C(F)(F)F. The minimum atomic E-state index is -4.55. The van der Waals surface area contributed by atoms with Gasteiger partial charge in [0.25, 0.3) is 0 Å². The molecule has 0 spiro atoms. The van der Waals surface area contributed by atoms with Gasteiger partial charge in [-0.05, 0) is 29.7 Å². The number of alkyl halides is 3. The molecule has 0 unspecified atom stereocenters. The predicted molar refractivity (Wildman–Crippen MR) is 73.9 cm³/mol. The summed E-state index contributed by atoms with van der Waals surface area (Å²) in [4.78, 5) is 0. The normalized spacial score (nSPS) is 11.4. The summed E-state index contributed by atoms with van der Waals surface area (Å²) in [6.07, 6.45) is -3.22. The maximum Gasteiger partial charge on any atom is 0.424 e. The lowest BCUT2D eigenvalue weighted by Crippen LogP contribution is -2.10.